The predicted molar refractivity (Wildman–Crippen MR) is 115 cm³/mol. The maximum absolute atomic E-state index is 13.6. The SMILES string of the molecule is CN1CCN(C23CC(Nc4ncc(C(F)(F)F)c(NC(=O)C56CC5CNS6(=O)=O)n4)(C2)C3)CC1. The van der Waals surface area contributed by atoms with E-state index in [0.717, 1.165) is 45.4 Å². The number of carbonyl (C=O) groups excluding carboxylic acids is 1. The predicted octanol–water partition coefficient (Wildman–Crippen LogP) is 0.460. The summed E-state index contributed by atoms with van der Waals surface area (Å²) in [4.78, 5) is 25.4. The largest absolute Gasteiger partial charge is 0.421 e. The number of alkyl halides is 3. The fourth-order valence-corrected chi connectivity index (χ4v) is 8.21. The Hall–Kier alpha value is -2.03. The zero-order valence-corrected chi connectivity index (χ0v) is 19.4. The number of sulfonamides is 1. The van der Waals surface area contributed by atoms with Gasteiger partial charge in [0.15, 0.2) is 10.6 Å². The minimum Gasteiger partial charge on any atom is -0.349 e. The van der Waals surface area contributed by atoms with Gasteiger partial charge in [0.2, 0.25) is 21.9 Å². The van der Waals surface area contributed by atoms with Crippen LogP contribution in [0.3, 0.4) is 0 Å². The first-order valence-electron chi connectivity index (χ1n) is 11.3. The van der Waals surface area contributed by atoms with Crippen molar-refractivity contribution in [2.24, 2.45) is 5.92 Å². The third-order valence-electron chi connectivity index (χ3n) is 8.31. The summed E-state index contributed by atoms with van der Waals surface area (Å²) >= 11 is 0. The molecule has 34 heavy (non-hydrogen) atoms. The topological polar surface area (TPSA) is 120 Å². The van der Waals surface area contributed by atoms with Crippen molar-refractivity contribution in [2.75, 3.05) is 50.4 Å². The van der Waals surface area contributed by atoms with Gasteiger partial charge in [-0.05, 0) is 32.7 Å². The summed E-state index contributed by atoms with van der Waals surface area (Å²) in [6.45, 7) is 4.14. The van der Waals surface area contributed by atoms with E-state index in [0.29, 0.717) is 6.20 Å². The van der Waals surface area contributed by atoms with Crippen LogP contribution in [0, 0.1) is 5.92 Å². The summed E-state index contributed by atoms with van der Waals surface area (Å²) < 4.78 is 65.9. The van der Waals surface area contributed by atoms with Gasteiger partial charge >= 0.3 is 6.18 Å². The average Bonchev–Trinajstić information content (AvgIpc) is 3.39. The number of likely N-dealkylation sites (N-methyl/N-ethyl adjacent to an activating group) is 1. The number of aromatic nitrogens is 2. The number of piperazine rings is 1. The number of fused-ring (bicyclic) bond motifs is 1. The lowest BCUT2D eigenvalue weighted by Gasteiger charge is -2.74. The van der Waals surface area contributed by atoms with Gasteiger partial charge < -0.3 is 15.5 Å². The molecule has 2 saturated heterocycles. The highest BCUT2D eigenvalue weighted by Crippen LogP contribution is 2.64. The van der Waals surface area contributed by atoms with Crippen LogP contribution in [0.1, 0.15) is 31.2 Å². The summed E-state index contributed by atoms with van der Waals surface area (Å²) in [7, 11) is -1.84. The van der Waals surface area contributed by atoms with Gasteiger partial charge in [0.05, 0.1) is 0 Å². The van der Waals surface area contributed by atoms with Gasteiger partial charge in [-0.3, -0.25) is 9.69 Å². The fourth-order valence-electron chi connectivity index (χ4n) is 6.29. The molecule has 14 heteroatoms. The number of nitrogens with zero attached hydrogens (tertiary/aromatic N) is 4. The lowest BCUT2D eigenvalue weighted by Crippen LogP contribution is -2.82. The Balaban J connectivity index is 1.19. The Bertz CT molecular complexity index is 1150. The molecule has 4 aliphatic carbocycles. The van der Waals surface area contributed by atoms with E-state index < -0.39 is 44.2 Å². The van der Waals surface area contributed by atoms with E-state index in [4.69, 9.17) is 0 Å². The molecule has 1 aromatic rings. The summed E-state index contributed by atoms with van der Waals surface area (Å²) in [5.41, 5.74) is -1.33. The minimum absolute atomic E-state index is 0.00720. The Morgan fingerprint density at radius 3 is 2.44 bits per heavy atom. The third kappa shape index (κ3) is 3.11. The first-order chi connectivity index (χ1) is 15.9. The zero-order valence-electron chi connectivity index (χ0n) is 18.6. The summed E-state index contributed by atoms with van der Waals surface area (Å²) in [6, 6.07) is 0. The average molecular weight is 502 g/mol. The van der Waals surface area contributed by atoms with Crippen molar-refractivity contribution in [3.05, 3.63) is 11.8 Å². The number of nitrogens with one attached hydrogen (secondary N) is 3. The van der Waals surface area contributed by atoms with Gasteiger partial charge in [0, 0.05) is 55.9 Å². The first-order valence-corrected chi connectivity index (χ1v) is 12.8. The monoisotopic (exact) mass is 501 g/mol. The second-order valence-electron chi connectivity index (χ2n) is 10.5. The number of halogens is 3. The fraction of sp³-hybridized carbons (Fsp3) is 0.750. The van der Waals surface area contributed by atoms with E-state index >= 15 is 0 Å². The second kappa shape index (κ2) is 6.80. The van der Waals surface area contributed by atoms with Crippen LogP contribution >= 0.6 is 0 Å². The smallest absolute Gasteiger partial charge is 0.349 e. The Morgan fingerprint density at radius 1 is 1.21 bits per heavy atom. The van der Waals surface area contributed by atoms with Crippen LogP contribution in [0.25, 0.3) is 0 Å². The van der Waals surface area contributed by atoms with Crippen molar-refractivity contribution in [3.8, 4) is 0 Å². The van der Waals surface area contributed by atoms with Crippen molar-refractivity contribution in [3.63, 3.8) is 0 Å². The van der Waals surface area contributed by atoms with Crippen LogP contribution < -0.4 is 15.4 Å². The van der Waals surface area contributed by atoms with E-state index in [-0.39, 0.29) is 30.0 Å². The molecule has 186 valence electrons. The van der Waals surface area contributed by atoms with Crippen molar-refractivity contribution < 1.29 is 26.4 Å². The molecule has 2 aliphatic heterocycles. The Labute approximate surface area is 194 Å². The number of amides is 1. The van der Waals surface area contributed by atoms with Crippen LogP contribution in [0.5, 0.6) is 0 Å². The molecule has 2 unspecified atom stereocenters. The van der Waals surface area contributed by atoms with Crippen molar-refractivity contribution in [1.29, 1.82) is 0 Å². The zero-order chi connectivity index (χ0) is 24.1. The molecule has 1 aromatic heterocycles. The van der Waals surface area contributed by atoms with Crippen molar-refractivity contribution in [2.45, 2.75) is 47.7 Å². The van der Waals surface area contributed by atoms with Crippen LogP contribution in [0.4, 0.5) is 24.9 Å². The van der Waals surface area contributed by atoms with Crippen molar-refractivity contribution >= 4 is 27.7 Å². The molecule has 2 atom stereocenters. The summed E-state index contributed by atoms with van der Waals surface area (Å²) in [6.07, 6.45) is -1.49. The van der Waals surface area contributed by atoms with Gasteiger partial charge in [0.1, 0.15) is 5.56 Å². The van der Waals surface area contributed by atoms with E-state index in [2.05, 4.69) is 42.2 Å². The highest BCUT2D eigenvalue weighted by atomic mass is 32.2. The standard InChI is InChI=1S/C20H26F3N7O3S/c1-29-2-4-30(5-3-29)18-9-17(10-18,11-18)28-16-24-8-13(20(21,22)23)14(27-16)26-15(31)19-6-12(19)7-25-34(19,32)33/h8,12,25H,2-7,9-11H2,1H3,(H2,24,26,27,28,31). The van der Waals surface area contributed by atoms with Gasteiger partial charge in [-0.15, -0.1) is 0 Å². The number of hydrogen-bond donors (Lipinski definition) is 3. The maximum Gasteiger partial charge on any atom is 0.421 e. The van der Waals surface area contributed by atoms with Gasteiger partial charge in [0.25, 0.3) is 0 Å². The molecule has 6 aliphatic rings. The number of carbonyl (C=O) groups is 1. The van der Waals surface area contributed by atoms with Gasteiger partial charge in [-0.1, -0.05) is 0 Å². The molecule has 10 nitrogen and oxygen atoms in total. The van der Waals surface area contributed by atoms with Crippen LogP contribution in [-0.2, 0) is 21.0 Å². The molecular weight excluding hydrogens is 475 g/mol. The molecule has 0 aromatic carbocycles. The molecule has 4 saturated carbocycles. The van der Waals surface area contributed by atoms with E-state index in [9.17, 15) is 26.4 Å². The molecule has 0 radical (unpaired) electrons. The van der Waals surface area contributed by atoms with Gasteiger partial charge in [-0.25, -0.2) is 18.1 Å². The number of anilines is 2. The van der Waals surface area contributed by atoms with Crippen LogP contribution in [-0.4, -0.2) is 89.7 Å². The second-order valence-corrected chi connectivity index (χ2v) is 12.5. The maximum atomic E-state index is 13.6. The molecule has 0 spiro atoms. The number of rotatable bonds is 5. The third-order valence-corrected chi connectivity index (χ3v) is 10.5. The van der Waals surface area contributed by atoms with E-state index in [1.807, 2.05) is 0 Å². The quantitative estimate of drug-likeness (QED) is 0.533. The van der Waals surface area contributed by atoms with Crippen LogP contribution in [0.15, 0.2) is 6.20 Å². The van der Waals surface area contributed by atoms with Gasteiger partial charge in [-0.2, -0.15) is 18.2 Å². The normalized spacial score (nSPS) is 38.4. The first kappa shape index (κ1) is 22.4. The molecular formula is C20H26F3N7O3S. The molecule has 2 bridgehead atoms. The molecule has 3 heterocycles. The molecule has 6 fully saturated rings. The highest BCUT2D eigenvalue weighted by molar-refractivity contribution is 7.92. The van der Waals surface area contributed by atoms with Crippen LogP contribution in [0.2, 0.25) is 0 Å². The highest BCUT2D eigenvalue weighted by Gasteiger charge is 2.73. The molecule has 1 amide bonds. The lowest BCUT2D eigenvalue weighted by molar-refractivity contribution is -0.160. The lowest BCUT2D eigenvalue weighted by atomic mass is 9.43. The Morgan fingerprint density at radius 2 is 1.88 bits per heavy atom. The summed E-state index contributed by atoms with van der Waals surface area (Å²) in [5.74, 6) is -2.17. The Kier molecular flexibility index (Phi) is 4.49. The van der Waals surface area contributed by atoms with Crippen molar-refractivity contribution in [1.82, 2.24) is 24.5 Å². The molecule has 3 N–H and O–H groups in total. The minimum atomic E-state index is -4.81. The number of hydrogen-bond acceptors (Lipinski definition) is 8. The van der Waals surface area contributed by atoms with E-state index in [1.54, 1.807) is 0 Å². The molecule has 7 rings (SSSR count). The summed E-state index contributed by atoms with van der Waals surface area (Å²) in [5, 5.41) is 5.34. The van der Waals surface area contributed by atoms with E-state index in [1.165, 1.54) is 0 Å².